The average Bonchev–Trinajstić information content (AvgIpc) is 1.80. The molecule has 0 N–H and O–H groups in total. The highest BCUT2D eigenvalue weighted by Crippen LogP contribution is 2.28. The first kappa shape index (κ1) is 9.75. The maximum atomic E-state index is 11.8. The van der Waals surface area contributed by atoms with Gasteiger partial charge in [-0.15, -0.1) is 0 Å². The highest BCUT2D eigenvalue weighted by atomic mass is 19.4. The number of ether oxygens (including phenoxy) is 1. The molecule has 0 aromatic carbocycles. The molecular formula is C6H11F3O. The van der Waals surface area contributed by atoms with Crippen LogP contribution in [0.3, 0.4) is 0 Å². The van der Waals surface area contributed by atoms with Crippen LogP contribution in [0.1, 0.15) is 13.3 Å². The normalized spacial score (nSPS) is 15.3. The van der Waals surface area contributed by atoms with Crippen LogP contribution in [0.4, 0.5) is 13.2 Å². The summed E-state index contributed by atoms with van der Waals surface area (Å²) in [5.41, 5.74) is 0. The third-order valence-corrected chi connectivity index (χ3v) is 1.32. The zero-order valence-corrected chi connectivity index (χ0v) is 6.03. The molecule has 1 unspecified atom stereocenters. The van der Waals surface area contributed by atoms with Crippen LogP contribution >= 0.6 is 0 Å². The molecule has 1 nitrogen and oxygen atoms in total. The molecule has 0 aromatic heterocycles. The maximum Gasteiger partial charge on any atom is 0.394 e. The van der Waals surface area contributed by atoms with Crippen LogP contribution in [0, 0.1) is 5.92 Å². The Kier molecular flexibility index (Phi) is 3.71. The van der Waals surface area contributed by atoms with Gasteiger partial charge in [0, 0.05) is 7.11 Å². The molecule has 0 aliphatic carbocycles. The monoisotopic (exact) mass is 156 g/mol. The van der Waals surface area contributed by atoms with Crippen molar-refractivity contribution in [1.82, 2.24) is 0 Å². The molecule has 0 fully saturated rings. The number of rotatable bonds is 3. The molecule has 62 valence electrons. The second-order valence-corrected chi connectivity index (χ2v) is 2.10. The Hall–Kier alpha value is -0.250. The highest BCUT2D eigenvalue weighted by molar-refractivity contribution is 4.64. The minimum atomic E-state index is -4.11. The van der Waals surface area contributed by atoms with Gasteiger partial charge in [-0.05, 0) is 6.42 Å². The van der Waals surface area contributed by atoms with Gasteiger partial charge in [0.15, 0.2) is 0 Å². The van der Waals surface area contributed by atoms with Crippen LogP contribution in [0.25, 0.3) is 0 Å². The largest absolute Gasteiger partial charge is 0.394 e. The van der Waals surface area contributed by atoms with Gasteiger partial charge in [0.1, 0.15) is 0 Å². The van der Waals surface area contributed by atoms with Crippen molar-refractivity contribution in [3.05, 3.63) is 0 Å². The Bertz CT molecular complexity index is 89.5. The lowest BCUT2D eigenvalue weighted by atomic mass is 10.1. The SMILES string of the molecule is CCC(COC)C(F)(F)F. The average molecular weight is 156 g/mol. The van der Waals surface area contributed by atoms with Gasteiger partial charge < -0.3 is 4.74 Å². The molecule has 0 saturated carbocycles. The van der Waals surface area contributed by atoms with Gasteiger partial charge in [-0.25, -0.2) is 0 Å². The Morgan fingerprint density at radius 3 is 2.00 bits per heavy atom. The van der Waals surface area contributed by atoms with E-state index in [0.29, 0.717) is 0 Å². The summed E-state index contributed by atoms with van der Waals surface area (Å²) >= 11 is 0. The van der Waals surface area contributed by atoms with Crippen molar-refractivity contribution in [1.29, 1.82) is 0 Å². The lowest BCUT2D eigenvalue weighted by Gasteiger charge is -2.16. The van der Waals surface area contributed by atoms with E-state index >= 15 is 0 Å². The molecule has 4 heteroatoms. The van der Waals surface area contributed by atoms with Gasteiger partial charge in [0.2, 0.25) is 0 Å². The molecule has 0 spiro atoms. The lowest BCUT2D eigenvalue weighted by molar-refractivity contribution is -0.186. The molecule has 0 aromatic rings. The quantitative estimate of drug-likeness (QED) is 0.608. The summed E-state index contributed by atoms with van der Waals surface area (Å²) in [6, 6.07) is 0. The van der Waals surface area contributed by atoms with Crippen molar-refractivity contribution in [2.24, 2.45) is 5.92 Å². The van der Waals surface area contributed by atoms with Crippen molar-refractivity contribution >= 4 is 0 Å². The van der Waals surface area contributed by atoms with E-state index in [0.717, 1.165) is 0 Å². The fourth-order valence-electron chi connectivity index (χ4n) is 0.645. The zero-order chi connectivity index (χ0) is 8.20. The number of hydrogen-bond donors (Lipinski definition) is 0. The summed E-state index contributed by atoms with van der Waals surface area (Å²) in [7, 11) is 1.27. The molecule has 0 rings (SSSR count). The van der Waals surface area contributed by atoms with Crippen molar-refractivity contribution in [3.8, 4) is 0 Å². The molecule has 10 heavy (non-hydrogen) atoms. The van der Waals surface area contributed by atoms with E-state index in [-0.39, 0.29) is 13.0 Å². The number of alkyl halides is 3. The van der Waals surface area contributed by atoms with E-state index in [9.17, 15) is 13.2 Å². The van der Waals surface area contributed by atoms with Crippen LogP contribution in [0.15, 0.2) is 0 Å². The van der Waals surface area contributed by atoms with Gasteiger partial charge in [0.25, 0.3) is 0 Å². The predicted molar refractivity (Wildman–Crippen MR) is 31.7 cm³/mol. The minimum absolute atomic E-state index is 0.0807. The topological polar surface area (TPSA) is 9.23 Å². The van der Waals surface area contributed by atoms with E-state index in [2.05, 4.69) is 4.74 Å². The second-order valence-electron chi connectivity index (χ2n) is 2.10. The van der Waals surface area contributed by atoms with Crippen molar-refractivity contribution in [2.75, 3.05) is 13.7 Å². The van der Waals surface area contributed by atoms with Crippen LogP contribution in [-0.4, -0.2) is 19.9 Å². The fourth-order valence-corrected chi connectivity index (χ4v) is 0.645. The van der Waals surface area contributed by atoms with Gasteiger partial charge in [-0.2, -0.15) is 13.2 Å². The molecule has 0 bridgehead atoms. The van der Waals surface area contributed by atoms with Crippen LogP contribution in [-0.2, 0) is 4.74 Å². The van der Waals surface area contributed by atoms with Gasteiger partial charge in [-0.3, -0.25) is 0 Å². The Morgan fingerprint density at radius 2 is 1.90 bits per heavy atom. The minimum Gasteiger partial charge on any atom is -0.384 e. The fraction of sp³-hybridized carbons (Fsp3) is 1.00. The summed E-state index contributed by atoms with van der Waals surface area (Å²) < 4.78 is 39.9. The summed E-state index contributed by atoms with van der Waals surface area (Å²) in [6.07, 6.45) is -4.03. The molecule has 0 saturated heterocycles. The van der Waals surface area contributed by atoms with E-state index in [4.69, 9.17) is 0 Å². The molecule has 0 amide bonds. The summed E-state index contributed by atoms with van der Waals surface area (Å²) in [4.78, 5) is 0. The molecule has 1 atom stereocenters. The van der Waals surface area contributed by atoms with Gasteiger partial charge in [-0.1, -0.05) is 6.92 Å². The third-order valence-electron chi connectivity index (χ3n) is 1.32. The molecule has 0 radical (unpaired) electrons. The number of hydrogen-bond acceptors (Lipinski definition) is 1. The maximum absolute atomic E-state index is 11.8. The number of halogens is 3. The predicted octanol–water partition coefficient (Wildman–Crippen LogP) is 2.22. The highest BCUT2D eigenvalue weighted by Gasteiger charge is 2.37. The first-order valence-electron chi connectivity index (χ1n) is 3.08. The van der Waals surface area contributed by atoms with E-state index in [1.165, 1.54) is 14.0 Å². The molecule has 0 aliphatic rings. The van der Waals surface area contributed by atoms with Gasteiger partial charge >= 0.3 is 6.18 Å². The molecule has 0 heterocycles. The summed E-state index contributed by atoms with van der Waals surface area (Å²) in [5, 5.41) is 0. The second kappa shape index (κ2) is 3.81. The van der Waals surface area contributed by atoms with Crippen molar-refractivity contribution in [3.63, 3.8) is 0 Å². The Labute approximate surface area is 58.2 Å². The Morgan fingerprint density at radius 1 is 1.40 bits per heavy atom. The van der Waals surface area contributed by atoms with E-state index < -0.39 is 12.1 Å². The lowest BCUT2D eigenvalue weighted by Crippen LogP contribution is -2.26. The first-order valence-corrected chi connectivity index (χ1v) is 3.08. The zero-order valence-electron chi connectivity index (χ0n) is 6.03. The number of methoxy groups -OCH3 is 1. The smallest absolute Gasteiger partial charge is 0.384 e. The standard InChI is InChI=1S/C6H11F3O/c1-3-5(4-10-2)6(7,8)9/h5H,3-4H2,1-2H3. The first-order chi connectivity index (χ1) is 4.52. The van der Waals surface area contributed by atoms with Crippen LogP contribution in [0.2, 0.25) is 0 Å². The van der Waals surface area contributed by atoms with Crippen LogP contribution < -0.4 is 0 Å². The summed E-state index contributed by atoms with van der Waals surface area (Å²) in [6.45, 7) is 1.26. The summed E-state index contributed by atoms with van der Waals surface area (Å²) in [5.74, 6) is -1.31. The van der Waals surface area contributed by atoms with Crippen LogP contribution in [0.5, 0.6) is 0 Å². The van der Waals surface area contributed by atoms with E-state index in [1.54, 1.807) is 0 Å². The van der Waals surface area contributed by atoms with Gasteiger partial charge in [0.05, 0.1) is 12.5 Å². The van der Waals surface area contributed by atoms with Crippen molar-refractivity contribution in [2.45, 2.75) is 19.5 Å². The molecular weight excluding hydrogens is 145 g/mol. The van der Waals surface area contributed by atoms with Crippen molar-refractivity contribution < 1.29 is 17.9 Å². The third kappa shape index (κ3) is 3.06. The molecule has 0 aliphatic heterocycles. The van der Waals surface area contributed by atoms with E-state index in [1.807, 2.05) is 0 Å². The Balaban J connectivity index is 3.81.